The zero-order valence-corrected chi connectivity index (χ0v) is 18.3. The third kappa shape index (κ3) is 4.75. The molecular formula is C22H29NO8. The number of carbonyl (C=O) groups is 2. The maximum absolute atomic E-state index is 12.5. The lowest BCUT2D eigenvalue weighted by molar-refractivity contribution is -0.242. The minimum atomic E-state index is -0.831. The molecule has 6 atom stereocenters. The summed E-state index contributed by atoms with van der Waals surface area (Å²) in [7, 11) is 0. The van der Waals surface area contributed by atoms with Crippen molar-refractivity contribution in [2.24, 2.45) is 0 Å². The van der Waals surface area contributed by atoms with Gasteiger partial charge in [-0.1, -0.05) is 18.2 Å². The SMILES string of the molecule is CC(NC(=O)c1ccccc1)C(=O)OC[C@H]1O[C@@H]2OC(C)(C)O[C@@H]2[C@H]2OC(C)(C)O[C@H]21. The Morgan fingerprint density at radius 1 is 0.968 bits per heavy atom. The van der Waals surface area contributed by atoms with Crippen LogP contribution < -0.4 is 5.32 Å². The summed E-state index contributed by atoms with van der Waals surface area (Å²) in [5, 5.41) is 2.64. The van der Waals surface area contributed by atoms with E-state index >= 15 is 0 Å². The van der Waals surface area contributed by atoms with Crippen molar-refractivity contribution in [1.82, 2.24) is 5.32 Å². The van der Waals surface area contributed by atoms with Crippen LogP contribution in [0.4, 0.5) is 0 Å². The van der Waals surface area contributed by atoms with Crippen molar-refractivity contribution in [1.29, 1.82) is 0 Å². The van der Waals surface area contributed by atoms with Gasteiger partial charge in [-0.2, -0.15) is 0 Å². The number of nitrogens with one attached hydrogen (secondary N) is 1. The molecule has 1 aromatic carbocycles. The molecule has 3 aliphatic rings. The molecule has 9 heteroatoms. The number of amides is 1. The third-order valence-electron chi connectivity index (χ3n) is 5.38. The van der Waals surface area contributed by atoms with E-state index in [-0.39, 0.29) is 12.5 Å². The lowest BCUT2D eigenvalue weighted by Gasteiger charge is -2.37. The molecule has 4 rings (SSSR count). The molecule has 0 radical (unpaired) electrons. The minimum Gasteiger partial charge on any atom is -0.461 e. The average Bonchev–Trinajstić information content (AvgIpc) is 3.20. The number of hydrogen-bond acceptors (Lipinski definition) is 8. The van der Waals surface area contributed by atoms with Crippen LogP contribution in [0.25, 0.3) is 0 Å². The molecule has 0 spiro atoms. The van der Waals surface area contributed by atoms with Crippen molar-refractivity contribution in [3.05, 3.63) is 35.9 Å². The van der Waals surface area contributed by atoms with Gasteiger partial charge in [-0.3, -0.25) is 4.79 Å². The number of fused-ring (bicyclic) bond motifs is 3. The van der Waals surface area contributed by atoms with E-state index < -0.39 is 54.3 Å². The molecule has 3 fully saturated rings. The van der Waals surface area contributed by atoms with Crippen molar-refractivity contribution in [3.63, 3.8) is 0 Å². The zero-order valence-electron chi connectivity index (χ0n) is 18.3. The summed E-state index contributed by atoms with van der Waals surface area (Å²) in [6, 6.07) is 7.83. The molecule has 3 saturated heterocycles. The highest BCUT2D eigenvalue weighted by atomic mass is 16.9. The number of benzene rings is 1. The van der Waals surface area contributed by atoms with Gasteiger partial charge in [0.15, 0.2) is 17.9 Å². The predicted octanol–water partition coefficient (Wildman–Crippen LogP) is 1.74. The van der Waals surface area contributed by atoms with Crippen LogP contribution in [0.15, 0.2) is 30.3 Å². The van der Waals surface area contributed by atoms with Crippen molar-refractivity contribution >= 4 is 11.9 Å². The van der Waals surface area contributed by atoms with Gasteiger partial charge in [0.05, 0.1) is 0 Å². The van der Waals surface area contributed by atoms with Gasteiger partial charge >= 0.3 is 5.97 Å². The fourth-order valence-electron chi connectivity index (χ4n) is 4.05. The maximum atomic E-state index is 12.5. The van der Waals surface area contributed by atoms with E-state index in [4.69, 9.17) is 28.4 Å². The number of rotatable bonds is 5. The molecule has 0 aliphatic carbocycles. The van der Waals surface area contributed by atoms with E-state index in [1.807, 2.05) is 19.9 Å². The Hall–Kier alpha value is -2.04. The van der Waals surface area contributed by atoms with Gasteiger partial charge < -0.3 is 33.7 Å². The first-order valence-corrected chi connectivity index (χ1v) is 10.4. The molecule has 1 amide bonds. The molecule has 31 heavy (non-hydrogen) atoms. The Labute approximate surface area is 181 Å². The summed E-state index contributed by atoms with van der Waals surface area (Å²) in [5.74, 6) is -2.58. The van der Waals surface area contributed by atoms with Gasteiger partial charge in [0.2, 0.25) is 0 Å². The fraction of sp³-hybridized carbons (Fsp3) is 0.636. The second-order valence-electron chi connectivity index (χ2n) is 8.90. The Balaban J connectivity index is 1.37. The van der Waals surface area contributed by atoms with Crippen molar-refractivity contribution in [3.8, 4) is 0 Å². The van der Waals surface area contributed by atoms with Gasteiger partial charge in [-0.25, -0.2) is 4.79 Å². The first-order valence-electron chi connectivity index (χ1n) is 10.4. The lowest BCUT2D eigenvalue weighted by Crippen LogP contribution is -2.56. The summed E-state index contributed by atoms with van der Waals surface area (Å²) in [6.45, 7) is 8.72. The van der Waals surface area contributed by atoms with Crippen LogP contribution in [0.3, 0.4) is 0 Å². The fourth-order valence-corrected chi connectivity index (χ4v) is 4.05. The number of ether oxygens (including phenoxy) is 6. The molecule has 0 saturated carbocycles. The van der Waals surface area contributed by atoms with Crippen molar-refractivity contribution in [2.45, 2.75) is 82.9 Å². The van der Waals surface area contributed by atoms with Crippen molar-refractivity contribution < 1.29 is 38.0 Å². The summed E-state index contributed by atoms with van der Waals surface area (Å²) >= 11 is 0. The van der Waals surface area contributed by atoms with Crippen LogP contribution in [0.1, 0.15) is 45.0 Å². The summed E-state index contributed by atoms with van der Waals surface area (Å²) < 4.78 is 35.3. The number of carbonyl (C=O) groups excluding carboxylic acids is 2. The largest absolute Gasteiger partial charge is 0.461 e. The monoisotopic (exact) mass is 435 g/mol. The Kier molecular flexibility index (Phi) is 5.82. The molecule has 9 nitrogen and oxygen atoms in total. The smallest absolute Gasteiger partial charge is 0.328 e. The standard InChI is InChI=1S/C22H29NO8/c1-12(23-18(24)13-9-7-6-8-10-13)19(25)26-11-14-15-16(29-21(2,3)28-15)17-20(27-14)31-22(4,5)30-17/h6-10,12,14-17,20H,11H2,1-5H3,(H,23,24)/t12?,14-,15+,16+,17-,20-/m1/s1. The molecular weight excluding hydrogens is 406 g/mol. The number of esters is 1. The molecule has 0 aromatic heterocycles. The van der Waals surface area contributed by atoms with Crippen LogP contribution in [0, 0.1) is 0 Å². The van der Waals surface area contributed by atoms with Gasteiger partial charge in [-0.05, 0) is 46.8 Å². The van der Waals surface area contributed by atoms with Crippen LogP contribution >= 0.6 is 0 Å². The second-order valence-corrected chi connectivity index (χ2v) is 8.90. The summed E-state index contributed by atoms with van der Waals surface area (Å²) in [5.41, 5.74) is 0.464. The highest BCUT2D eigenvalue weighted by Gasteiger charge is 2.60. The molecule has 1 N–H and O–H groups in total. The Morgan fingerprint density at radius 2 is 1.58 bits per heavy atom. The Morgan fingerprint density at radius 3 is 2.29 bits per heavy atom. The first-order chi connectivity index (χ1) is 14.5. The molecule has 170 valence electrons. The van der Waals surface area contributed by atoms with Gasteiger partial charge in [0, 0.05) is 5.56 Å². The summed E-state index contributed by atoms with van der Waals surface area (Å²) in [6.07, 6.45) is -2.62. The van der Waals surface area contributed by atoms with E-state index in [9.17, 15) is 9.59 Å². The van der Waals surface area contributed by atoms with E-state index in [0.29, 0.717) is 5.56 Å². The van der Waals surface area contributed by atoms with Crippen LogP contribution in [-0.2, 0) is 33.2 Å². The number of hydrogen-bond donors (Lipinski definition) is 1. The highest BCUT2D eigenvalue weighted by molar-refractivity contribution is 5.96. The lowest BCUT2D eigenvalue weighted by atomic mass is 9.99. The van der Waals surface area contributed by atoms with Crippen LogP contribution in [0.2, 0.25) is 0 Å². The van der Waals surface area contributed by atoms with E-state index in [1.165, 1.54) is 0 Å². The minimum absolute atomic E-state index is 0.0714. The first kappa shape index (κ1) is 22.2. The van der Waals surface area contributed by atoms with Gasteiger partial charge in [0.1, 0.15) is 37.1 Å². The molecule has 1 unspecified atom stereocenters. The predicted molar refractivity (Wildman–Crippen MR) is 107 cm³/mol. The average molecular weight is 435 g/mol. The topological polar surface area (TPSA) is 102 Å². The quantitative estimate of drug-likeness (QED) is 0.698. The molecule has 3 heterocycles. The van der Waals surface area contributed by atoms with Gasteiger partial charge in [-0.15, -0.1) is 0 Å². The van der Waals surface area contributed by atoms with Crippen LogP contribution in [0.5, 0.6) is 0 Å². The van der Waals surface area contributed by atoms with Crippen LogP contribution in [-0.4, -0.2) is 66.8 Å². The summed E-state index contributed by atoms with van der Waals surface area (Å²) in [4.78, 5) is 24.7. The molecule has 0 bridgehead atoms. The third-order valence-corrected chi connectivity index (χ3v) is 5.38. The Bertz CT molecular complexity index is 826. The van der Waals surface area contributed by atoms with E-state index in [0.717, 1.165) is 0 Å². The van der Waals surface area contributed by atoms with Gasteiger partial charge in [0.25, 0.3) is 5.91 Å². The normalized spacial score (nSPS) is 33.8. The zero-order chi connectivity index (χ0) is 22.4. The molecule has 1 aromatic rings. The van der Waals surface area contributed by atoms with Crippen molar-refractivity contribution in [2.75, 3.05) is 6.61 Å². The maximum Gasteiger partial charge on any atom is 0.328 e. The highest BCUT2D eigenvalue weighted by Crippen LogP contribution is 2.44. The molecule has 3 aliphatic heterocycles. The van der Waals surface area contributed by atoms with E-state index in [1.54, 1.807) is 45.0 Å². The second kappa shape index (κ2) is 8.14. The van der Waals surface area contributed by atoms with E-state index in [2.05, 4.69) is 5.32 Å².